The molecule has 0 aliphatic heterocycles. The summed E-state index contributed by atoms with van der Waals surface area (Å²) < 4.78 is 0. The van der Waals surface area contributed by atoms with Crippen LogP contribution >= 0.6 is 0 Å². The zero-order valence-electron chi connectivity index (χ0n) is 11.8. The Labute approximate surface area is 107 Å². The number of aliphatic hydroxyl groups excluding tert-OH is 1. The minimum absolute atomic E-state index is 0.270. The molecule has 0 saturated heterocycles. The van der Waals surface area contributed by atoms with Crippen molar-refractivity contribution in [3.63, 3.8) is 0 Å². The van der Waals surface area contributed by atoms with Gasteiger partial charge in [-0.2, -0.15) is 0 Å². The highest BCUT2D eigenvalue weighted by Crippen LogP contribution is 2.31. The Morgan fingerprint density at radius 1 is 1.29 bits per heavy atom. The van der Waals surface area contributed by atoms with Crippen molar-refractivity contribution in [2.24, 2.45) is 11.8 Å². The number of likely N-dealkylation sites (N-methyl/N-ethyl adjacent to an activating group) is 1. The van der Waals surface area contributed by atoms with E-state index in [2.05, 4.69) is 31.1 Å². The van der Waals surface area contributed by atoms with Crippen LogP contribution in [0.2, 0.25) is 0 Å². The lowest BCUT2D eigenvalue weighted by Gasteiger charge is -2.38. The van der Waals surface area contributed by atoms with Crippen LogP contribution in [-0.2, 0) is 0 Å². The fourth-order valence-corrected chi connectivity index (χ4v) is 3.13. The summed E-state index contributed by atoms with van der Waals surface area (Å²) in [6.07, 6.45) is 5.38. The maximum Gasteiger partial charge on any atom is 0.0558 e. The van der Waals surface area contributed by atoms with Gasteiger partial charge in [0.15, 0.2) is 0 Å². The first-order valence-corrected chi connectivity index (χ1v) is 7.24. The summed E-state index contributed by atoms with van der Waals surface area (Å²) in [6, 6.07) is 0.684. The highest BCUT2D eigenvalue weighted by molar-refractivity contribution is 4.85. The molecule has 3 atom stereocenters. The predicted molar refractivity (Wildman–Crippen MR) is 73.2 cm³/mol. The van der Waals surface area contributed by atoms with E-state index in [1.807, 2.05) is 0 Å². The highest BCUT2D eigenvalue weighted by atomic mass is 16.3. The molecule has 1 saturated carbocycles. The van der Waals surface area contributed by atoms with Gasteiger partial charge in [0.05, 0.1) is 6.61 Å². The lowest BCUT2D eigenvalue weighted by molar-refractivity contribution is 0.138. The number of nitrogens with one attached hydrogen (secondary N) is 1. The van der Waals surface area contributed by atoms with E-state index in [-0.39, 0.29) is 6.61 Å². The molecule has 2 N–H and O–H groups in total. The molecule has 1 aliphatic rings. The summed E-state index contributed by atoms with van der Waals surface area (Å²) in [7, 11) is 2.12. The van der Waals surface area contributed by atoms with Crippen molar-refractivity contribution in [1.82, 2.24) is 10.2 Å². The molecule has 0 amide bonds. The summed E-state index contributed by atoms with van der Waals surface area (Å²) >= 11 is 0. The average Bonchev–Trinajstić information content (AvgIpc) is 2.32. The second-order valence-corrected chi connectivity index (χ2v) is 5.50. The van der Waals surface area contributed by atoms with Crippen molar-refractivity contribution in [3.8, 4) is 0 Å². The Hall–Kier alpha value is -0.120. The van der Waals surface area contributed by atoms with Gasteiger partial charge in [0.25, 0.3) is 0 Å². The predicted octanol–water partition coefficient (Wildman–Crippen LogP) is 1.71. The Bertz CT molecular complexity index is 199. The van der Waals surface area contributed by atoms with Crippen LogP contribution in [0.25, 0.3) is 0 Å². The lowest BCUT2D eigenvalue weighted by atomic mass is 9.76. The van der Waals surface area contributed by atoms with E-state index in [0.717, 1.165) is 31.5 Å². The van der Waals surface area contributed by atoms with Gasteiger partial charge in [0.2, 0.25) is 0 Å². The third kappa shape index (κ3) is 4.94. The van der Waals surface area contributed by atoms with Crippen LogP contribution in [0.5, 0.6) is 0 Å². The number of aliphatic hydroxyl groups is 1. The smallest absolute Gasteiger partial charge is 0.0558 e. The molecule has 0 aromatic heterocycles. The van der Waals surface area contributed by atoms with Crippen LogP contribution in [0, 0.1) is 11.8 Å². The van der Waals surface area contributed by atoms with Crippen molar-refractivity contribution in [2.45, 2.75) is 45.6 Å². The summed E-state index contributed by atoms with van der Waals surface area (Å²) in [5, 5.41) is 12.6. The second-order valence-electron chi connectivity index (χ2n) is 5.50. The molecule has 102 valence electrons. The van der Waals surface area contributed by atoms with E-state index >= 15 is 0 Å². The molecule has 0 aromatic carbocycles. The quantitative estimate of drug-likeness (QED) is 0.713. The number of rotatable bonds is 7. The molecule has 3 unspecified atom stereocenters. The molecule has 0 heterocycles. The first-order chi connectivity index (χ1) is 8.21. The minimum Gasteiger partial charge on any atom is -0.395 e. The molecule has 1 aliphatic carbocycles. The third-order valence-corrected chi connectivity index (χ3v) is 4.16. The molecule has 1 rings (SSSR count). The SMILES string of the molecule is CCNC1CCC(CC)CC1CN(C)CCO. The van der Waals surface area contributed by atoms with Crippen LogP contribution in [0.4, 0.5) is 0 Å². The first-order valence-electron chi connectivity index (χ1n) is 7.24. The average molecular weight is 242 g/mol. The molecule has 1 fully saturated rings. The first kappa shape index (κ1) is 14.9. The fourth-order valence-electron chi connectivity index (χ4n) is 3.13. The monoisotopic (exact) mass is 242 g/mol. The number of hydrogen-bond acceptors (Lipinski definition) is 3. The van der Waals surface area contributed by atoms with Crippen LogP contribution in [0.3, 0.4) is 0 Å². The van der Waals surface area contributed by atoms with Crippen LogP contribution < -0.4 is 5.32 Å². The molecular formula is C14H30N2O. The van der Waals surface area contributed by atoms with Crippen molar-refractivity contribution >= 4 is 0 Å². The fraction of sp³-hybridized carbons (Fsp3) is 1.00. The largest absolute Gasteiger partial charge is 0.395 e. The molecule has 3 heteroatoms. The van der Waals surface area contributed by atoms with Crippen molar-refractivity contribution in [3.05, 3.63) is 0 Å². The van der Waals surface area contributed by atoms with Gasteiger partial charge in [-0.15, -0.1) is 0 Å². The van der Waals surface area contributed by atoms with Crippen LogP contribution in [0.1, 0.15) is 39.5 Å². The van der Waals surface area contributed by atoms with Crippen molar-refractivity contribution < 1.29 is 5.11 Å². The molecule has 3 nitrogen and oxygen atoms in total. The zero-order chi connectivity index (χ0) is 12.7. The Balaban J connectivity index is 2.47. The lowest BCUT2D eigenvalue weighted by Crippen LogP contribution is -2.45. The minimum atomic E-state index is 0.270. The molecule has 0 bridgehead atoms. The van der Waals surface area contributed by atoms with E-state index in [9.17, 15) is 0 Å². The van der Waals surface area contributed by atoms with E-state index in [1.54, 1.807) is 0 Å². The second kappa shape index (κ2) is 8.06. The normalized spacial score (nSPS) is 29.8. The Morgan fingerprint density at radius 2 is 2.06 bits per heavy atom. The molecule has 0 aromatic rings. The molecule has 0 radical (unpaired) electrons. The van der Waals surface area contributed by atoms with Crippen LogP contribution in [-0.4, -0.2) is 49.3 Å². The van der Waals surface area contributed by atoms with E-state index in [4.69, 9.17) is 5.11 Å². The van der Waals surface area contributed by atoms with Gasteiger partial charge in [-0.05, 0) is 44.7 Å². The van der Waals surface area contributed by atoms with Gasteiger partial charge in [-0.1, -0.05) is 20.3 Å². The van der Waals surface area contributed by atoms with Crippen molar-refractivity contribution in [1.29, 1.82) is 0 Å². The van der Waals surface area contributed by atoms with E-state index in [1.165, 1.54) is 25.7 Å². The van der Waals surface area contributed by atoms with Crippen molar-refractivity contribution in [2.75, 3.05) is 33.3 Å². The standard InChI is InChI=1S/C14H30N2O/c1-4-12-6-7-14(15-5-2)13(10-12)11-16(3)8-9-17/h12-15,17H,4-11H2,1-3H3. The van der Waals surface area contributed by atoms with Gasteiger partial charge in [-0.3, -0.25) is 0 Å². The zero-order valence-corrected chi connectivity index (χ0v) is 11.8. The maximum absolute atomic E-state index is 8.98. The summed E-state index contributed by atoms with van der Waals surface area (Å²) in [5.41, 5.74) is 0. The van der Waals surface area contributed by atoms with Crippen LogP contribution in [0.15, 0.2) is 0 Å². The van der Waals surface area contributed by atoms with E-state index < -0.39 is 0 Å². The Morgan fingerprint density at radius 3 is 2.65 bits per heavy atom. The summed E-state index contributed by atoms with van der Waals surface area (Å²) in [4.78, 5) is 2.27. The van der Waals surface area contributed by atoms with Gasteiger partial charge in [0, 0.05) is 19.1 Å². The summed E-state index contributed by atoms with van der Waals surface area (Å²) in [5.74, 6) is 1.67. The molecule has 0 spiro atoms. The Kier molecular flexibility index (Phi) is 7.09. The molecule has 17 heavy (non-hydrogen) atoms. The summed E-state index contributed by atoms with van der Waals surface area (Å²) in [6.45, 7) is 7.77. The van der Waals surface area contributed by atoms with Gasteiger partial charge in [0.1, 0.15) is 0 Å². The highest BCUT2D eigenvalue weighted by Gasteiger charge is 2.29. The number of hydrogen-bond donors (Lipinski definition) is 2. The molecular weight excluding hydrogens is 212 g/mol. The third-order valence-electron chi connectivity index (χ3n) is 4.16. The maximum atomic E-state index is 8.98. The van der Waals surface area contributed by atoms with Gasteiger partial charge < -0.3 is 15.3 Å². The van der Waals surface area contributed by atoms with Gasteiger partial charge >= 0.3 is 0 Å². The van der Waals surface area contributed by atoms with Gasteiger partial charge in [-0.25, -0.2) is 0 Å². The van der Waals surface area contributed by atoms with E-state index in [0.29, 0.717) is 6.04 Å². The topological polar surface area (TPSA) is 35.5 Å². The number of nitrogens with zero attached hydrogens (tertiary/aromatic N) is 1.